The molecule has 0 saturated carbocycles. The van der Waals surface area contributed by atoms with Crippen LogP contribution in [-0.4, -0.2) is 116 Å². The standard InChI is InChI=1S/C25H40O11/c1-2-24(27)35-22-25(36-23-6-4-3-5-7-23)34-21-20-33-19-18-32-17-16-31-15-14-30-13-12-29-11-10-28-9-8-26/h2-7,25-26H,1,8-22H2. The number of para-hydroxylation sites is 1. The molecule has 1 N–H and O–H groups in total. The highest BCUT2D eigenvalue weighted by atomic mass is 16.7. The molecule has 11 heteroatoms. The molecule has 0 aliphatic carbocycles. The van der Waals surface area contributed by atoms with Crippen molar-refractivity contribution in [3.05, 3.63) is 43.0 Å². The summed E-state index contributed by atoms with van der Waals surface area (Å²) in [6, 6.07) is 9.11. The van der Waals surface area contributed by atoms with Gasteiger partial charge in [0.25, 0.3) is 0 Å². The molecule has 1 aromatic carbocycles. The largest absolute Gasteiger partial charge is 0.461 e. The van der Waals surface area contributed by atoms with Gasteiger partial charge in [-0.25, -0.2) is 4.79 Å². The molecule has 0 heterocycles. The number of aliphatic hydroxyl groups is 1. The average Bonchev–Trinajstić information content (AvgIpc) is 2.90. The zero-order valence-electron chi connectivity index (χ0n) is 20.9. The van der Waals surface area contributed by atoms with Gasteiger partial charge < -0.3 is 47.7 Å². The number of hydrogen-bond acceptors (Lipinski definition) is 11. The molecule has 1 rings (SSSR count). The molecule has 0 spiro atoms. The number of aliphatic hydroxyl groups excluding tert-OH is 1. The first-order chi connectivity index (χ1) is 17.8. The van der Waals surface area contributed by atoms with Crippen molar-refractivity contribution in [1.82, 2.24) is 0 Å². The van der Waals surface area contributed by atoms with Crippen LogP contribution in [0.2, 0.25) is 0 Å². The van der Waals surface area contributed by atoms with Gasteiger partial charge >= 0.3 is 5.97 Å². The number of carbonyl (C=O) groups is 1. The number of hydrogen-bond donors (Lipinski definition) is 1. The third kappa shape index (κ3) is 20.1. The van der Waals surface area contributed by atoms with Gasteiger partial charge in [-0.2, -0.15) is 0 Å². The second kappa shape index (κ2) is 24.6. The highest BCUT2D eigenvalue weighted by molar-refractivity contribution is 5.81. The Morgan fingerprint density at radius 3 is 1.61 bits per heavy atom. The van der Waals surface area contributed by atoms with Gasteiger partial charge in [-0.15, -0.1) is 0 Å². The predicted molar refractivity (Wildman–Crippen MR) is 130 cm³/mol. The third-order valence-corrected chi connectivity index (χ3v) is 4.17. The fourth-order valence-electron chi connectivity index (χ4n) is 2.48. The zero-order valence-corrected chi connectivity index (χ0v) is 20.9. The second-order valence-electron chi connectivity index (χ2n) is 6.96. The van der Waals surface area contributed by atoms with Gasteiger partial charge in [-0.05, 0) is 12.1 Å². The summed E-state index contributed by atoms with van der Waals surface area (Å²) in [7, 11) is 0. The van der Waals surface area contributed by atoms with E-state index in [-0.39, 0.29) is 19.8 Å². The summed E-state index contributed by atoms with van der Waals surface area (Å²) >= 11 is 0. The van der Waals surface area contributed by atoms with Gasteiger partial charge in [0.1, 0.15) is 5.75 Å². The van der Waals surface area contributed by atoms with Crippen molar-refractivity contribution < 1.29 is 52.5 Å². The van der Waals surface area contributed by atoms with Crippen molar-refractivity contribution in [2.45, 2.75) is 6.29 Å². The van der Waals surface area contributed by atoms with Gasteiger partial charge in [-0.3, -0.25) is 0 Å². The summed E-state index contributed by atoms with van der Waals surface area (Å²) in [6.07, 6.45) is 0.321. The highest BCUT2D eigenvalue weighted by Gasteiger charge is 2.13. The maximum absolute atomic E-state index is 11.3. The Morgan fingerprint density at radius 2 is 1.17 bits per heavy atom. The molecule has 0 aromatic heterocycles. The maximum atomic E-state index is 11.3. The van der Waals surface area contributed by atoms with E-state index in [2.05, 4.69) is 6.58 Å². The summed E-state index contributed by atoms with van der Waals surface area (Å²) < 4.78 is 48.4. The molecule has 0 radical (unpaired) electrons. The molecule has 1 aromatic rings. The highest BCUT2D eigenvalue weighted by Crippen LogP contribution is 2.12. The number of esters is 1. The van der Waals surface area contributed by atoms with Crippen LogP contribution in [0.25, 0.3) is 0 Å². The smallest absolute Gasteiger partial charge is 0.330 e. The molecule has 0 amide bonds. The van der Waals surface area contributed by atoms with Crippen molar-refractivity contribution in [2.24, 2.45) is 0 Å². The molecule has 36 heavy (non-hydrogen) atoms. The van der Waals surface area contributed by atoms with Gasteiger partial charge in [0.2, 0.25) is 6.29 Å². The lowest BCUT2D eigenvalue weighted by Crippen LogP contribution is -2.29. The Kier molecular flexibility index (Phi) is 21.8. The first-order valence-corrected chi connectivity index (χ1v) is 12.0. The Hall–Kier alpha value is -2.09. The lowest BCUT2D eigenvalue weighted by Gasteiger charge is -2.19. The van der Waals surface area contributed by atoms with Crippen LogP contribution in [0.1, 0.15) is 0 Å². The lowest BCUT2D eigenvalue weighted by molar-refractivity contribution is -0.158. The fourth-order valence-corrected chi connectivity index (χ4v) is 2.48. The van der Waals surface area contributed by atoms with Crippen molar-refractivity contribution >= 4 is 5.97 Å². The van der Waals surface area contributed by atoms with Crippen LogP contribution in [0.3, 0.4) is 0 Å². The summed E-state index contributed by atoms with van der Waals surface area (Å²) in [4.78, 5) is 11.3. The molecule has 1 unspecified atom stereocenters. The summed E-state index contributed by atoms with van der Waals surface area (Å²) in [5.74, 6) is 0.0545. The van der Waals surface area contributed by atoms with E-state index >= 15 is 0 Å². The number of benzene rings is 1. The monoisotopic (exact) mass is 516 g/mol. The fraction of sp³-hybridized carbons (Fsp3) is 0.640. The van der Waals surface area contributed by atoms with E-state index in [0.717, 1.165) is 6.08 Å². The molecule has 0 saturated heterocycles. The van der Waals surface area contributed by atoms with E-state index < -0.39 is 12.3 Å². The van der Waals surface area contributed by atoms with Crippen LogP contribution in [0.5, 0.6) is 5.75 Å². The quantitative estimate of drug-likeness (QED) is 0.0828. The topological polar surface area (TPSA) is 120 Å². The molecule has 0 aliphatic heterocycles. The maximum Gasteiger partial charge on any atom is 0.330 e. The molecule has 0 bridgehead atoms. The van der Waals surface area contributed by atoms with Crippen LogP contribution in [-0.2, 0) is 42.7 Å². The molecule has 1 atom stereocenters. The number of carbonyl (C=O) groups excluding carboxylic acids is 1. The van der Waals surface area contributed by atoms with E-state index in [0.29, 0.717) is 85.0 Å². The lowest BCUT2D eigenvalue weighted by atomic mass is 10.3. The van der Waals surface area contributed by atoms with Gasteiger partial charge in [0.15, 0.2) is 6.61 Å². The number of rotatable bonds is 26. The Bertz CT molecular complexity index is 630. The minimum atomic E-state index is -0.762. The number of ether oxygens (including phenoxy) is 9. The molecular weight excluding hydrogens is 476 g/mol. The van der Waals surface area contributed by atoms with Crippen molar-refractivity contribution in [3.8, 4) is 5.75 Å². The molecule has 11 nitrogen and oxygen atoms in total. The van der Waals surface area contributed by atoms with Crippen LogP contribution in [0.15, 0.2) is 43.0 Å². The van der Waals surface area contributed by atoms with Crippen LogP contribution in [0.4, 0.5) is 0 Å². The molecule has 0 aliphatic rings. The Labute approximate surface area is 213 Å². The normalized spacial score (nSPS) is 11.8. The Balaban J connectivity index is 1.90. The second-order valence-corrected chi connectivity index (χ2v) is 6.96. The van der Waals surface area contributed by atoms with Gasteiger partial charge in [-0.1, -0.05) is 24.8 Å². The molecule has 206 valence electrons. The SMILES string of the molecule is C=CC(=O)OCC(OCCOCCOCCOCCOCCOCCOCCO)Oc1ccccc1. The van der Waals surface area contributed by atoms with Crippen LogP contribution in [0, 0.1) is 0 Å². The van der Waals surface area contributed by atoms with Crippen LogP contribution < -0.4 is 4.74 Å². The van der Waals surface area contributed by atoms with E-state index in [4.69, 9.17) is 47.7 Å². The molecular formula is C25H40O11. The summed E-state index contributed by atoms with van der Waals surface area (Å²) in [5, 5.41) is 8.56. The van der Waals surface area contributed by atoms with Gasteiger partial charge in [0, 0.05) is 6.08 Å². The van der Waals surface area contributed by atoms with Crippen molar-refractivity contribution in [1.29, 1.82) is 0 Å². The first-order valence-electron chi connectivity index (χ1n) is 12.0. The molecule has 0 fully saturated rings. The van der Waals surface area contributed by atoms with Crippen LogP contribution >= 0.6 is 0 Å². The summed E-state index contributed by atoms with van der Waals surface area (Å²) in [6.45, 7) is 8.87. The van der Waals surface area contributed by atoms with Gasteiger partial charge in [0.05, 0.1) is 92.5 Å². The zero-order chi connectivity index (χ0) is 25.9. The average molecular weight is 517 g/mol. The third-order valence-electron chi connectivity index (χ3n) is 4.17. The van der Waals surface area contributed by atoms with E-state index in [1.165, 1.54) is 0 Å². The summed E-state index contributed by atoms with van der Waals surface area (Å²) in [5.41, 5.74) is 0. The van der Waals surface area contributed by atoms with E-state index in [1.807, 2.05) is 18.2 Å². The van der Waals surface area contributed by atoms with Crippen molar-refractivity contribution in [3.63, 3.8) is 0 Å². The van der Waals surface area contributed by atoms with E-state index in [9.17, 15) is 4.79 Å². The minimum Gasteiger partial charge on any atom is -0.461 e. The Morgan fingerprint density at radius 1 is 0.722 bits per heavy atom. The first kappa shape index (κ1) is 31.9. The minimum absolute atomic E-state index is 0.0169. The predicted octanol–water partition coefficient (Wildman–Crippen LogP) is 1.23. The van der Waals surface area contributed by atoms with E-state index in [1.54, 1.807) is 12.1 Å². The van der Waals surface area contributed by atoms with Crippen molar-refractivity contribution in [2.75, 3.05) is 99.1 Å².